The Kier molecular flexibility index (Phi) is 4.63. The average molecular weight is 400 g/mol. The van der Waals surface area contributed by atoms with Crippen molar-refractivity contribution in [2.24, 2.45) is 0 Å². The molecule has 0 saturated carbocycles. The van der Waals surface area contributed by atoms with Gasteiger partial charge in [0, 0.05) is 11.3 Å². The standard InChI is InChI=1S/C18H17N5O2S2/c1-2-11-27(24,25)22-14-6-3-5-13(12-14)15-8-9-17-19-20-18(23(17)21-15)16-7-4-10-26-16/h3-10,12,22H,2,11H2,1H3. The van der Waals surface area contributed by atoms with E-state index in [0.717, 1.165) is 10.4 Å². The van der Waals surface area contributed by atoms with Gasteiger partial charge in [0.25, 0.3) is 0 Å². The Balaban J connectivity index is 1.72. The zero-order valence-electron chi connectivity index (χ0n) is 14.5. The Bertz CT molecular complexity index is 1180. The van der Waals surface area contributed by atoms with Gasteiger partial charge in [-0.25, -0.2) is 8.42 Å². The highest BCUT2D eigenvalue weighted by molar-refractivity contribution is 7.92. The van der Waals surface area contributed by atoms with Gasteiger partial charge in [0.1, 0.15) is 0 Å². The van der Waals surface area contributed by atoms with Crippen molar-refractivity contribution in [3.05, 3.63) is 53.9 Å². The Labute approximate surface area is 160 Å². The maximum absolute atomic E-state index is 12.0. The summed E-state index contributed by atoms with van der Waals surface area (Å²) in [5.41, 5.74) is 2.68. The number of hydrogen-bond donors (Lipinski definition) is 1. The van der Waals surface area contributed by atoms with Gasteiger partial charge in [0.05, 0.1) is 16.3 Å². The molecular weight excluding hydrogens is 382 g/mol. The number of nitrogens with zero attached hydrogens (tertiary/aromatic N) is 4. The molecule has 27 heavy (non-hydrogen) atoms. The van der Waals surface area contributed by atoms with Crippen LogP contribution in [0.2, 0.25) is 0 Å². The van der Waals surface area contributed by atoms with Gasteiger partial charge in [-0.3, -0.25) is 4.72 Å². The van der Waals surface area contributed by atoms with E-state index in [0.29, 0.717) is 29.3 Å². The van der Waals surface area contributed by atoms with E-state index in [-0.39, 0.29) is 5.75 Å². The SMILES string of the molecule is CCCS(=O)(=O)Nc1cccc(-c2ccc3nnc(-c4cccs4)n3n2)c1. The normalized spacial score (nSPS) is 11.7. The molecule has 0 aliphatic heterocycles. The molecule has 7 nitrogen and oxygen atoms in total. The second-order valence-corrected chi connectivity index (χ2v) is 8.78. The minimum absolute atomic E-state index is 0.0896. The molecular formula is C18H17N5O2S2. The molecule has 3 heterocycles. The maximum Gasteiger partial charge on any atom is 0.232 e. The van der Waals surface area contributed by atoms with Gasteiger partial charge in [-0.15, -0.1) is 21.5 Å². The summed E-state index contributed by atoms with van der Waals surface area (Å²) >= 11 is 1.57. The van der Waals surface area contributed by atoms with Crippen molar-refractivity contribution in [2.45, 2.75) is 13.3 Å². The summed E-state index contributed by atoms with van der Waals surface area (Å²) in [6.45, 7) is 1.83. The van der Waals surface area contributed by atoms with Crippen LogP contribution in [0.3, 0.4) is 0 Å². The summed E-state index contributed by atoms with van der Waals surface area (Å²) in [4.78, 5) is 0.980. The second kappa shape index (κ2) is 7.09. The Morgan fingerprint density at radius 1 is 1.11 bits per heavy atom. The zero-order chi connectivity index (χ0) is 18.9. The molecule has 3 aromatic heterocycles. The molecule has 0 fully saturated rings. The highest BCUT2D eigenvalue weighted by Crippen LogP contribution is 2.25. The van der Waals surface area contributed by atoms with Crippen molar-refractivity contribution in [3.8, 4) is 22.0 Å². The van der Waals surface area contributed by atoms with Crippen LogP contribution < -0.4 is 4.72 Å². The summed E-state index contributed by atoms with van der Waals surface area (Å²) in [5.74, 6) is 0.772. The molecule has 0 radical (unpaired) electrons. The molecule has 4 aromatic rings. The lowest BCUT2D eigenvalue weighted by atomic mass is 10.1. The van der Waals surface area contributed by atoms with Crippen LogP contribution in [0.25, 0.3) is 27.6 Å². The molecule has 0 aliphatic carbocycles. The lowest BCUT2D eigenvalue weighted by Crippen LogP contribution is -2.16. The van der Waals surface area contributed by atoms with Crippen LogP contribution in [0.4, 0.5) is 5.69 Å². The van der Waals surface area contributed by atoms with Gasteiger partial charge in [-0.1, -0.05) is 25.1 Å². The predicted octanol–water partition coefficient (Wildman–Crippen LogP) is 3.67. The fourth-order valence-electron chi connectivity index (χ4n) is 2.74. The van der Waals surface area contributed by atoms with E-state index >= 15 is 0 Å². The number of benzene rings is 1. The van der Waals surface area contributed by atoms with Crippen molar-refractivity contribution < 1.29 is 8.42 Å². The van der Waals surface area contributed by atoms with E-state index in [2.05, 4.69) is 20.0 Å². The smallest absolute Gasteiger partial charge is 0.232 e. The molecule has 0 spiro atoms. The van der Waals surface area contributed by atoms with Gasteiger partial charge >= 0.3 is 0 Å². The highest BCUT2D eigenvalue weighted by atomic mass is 32.2. The quantitative estimate of drug-likeness (QED) is 0.534. The van der Waals surface area contributed by atoms with Crippen molar-refractivity contribution >= 4 is 32.7 Å². The van der Waals surface area contributed by atoms with Crippen molar-refractivity contribution in [1.82, 2.24) is 19.8 Å². The lowest BCUT2D eigenvalue weighted by Gasteiger charge is -2.09. The van der Waals surface area contributed by atoms with Crippen LogP contribution in [0, 0.1) is 0 Å². The fraction of sp³-hybridized carbons (Fsp3) is 0.167. The number of rotatable bonds is 6. The number of nitrogens with one attached hydrogen (secondary N) is 1. The minimum atomic E-state index is -3.34. The van der Waals surface area contributed by atoms with Gasteiger partial charge in [0.2, 0.25) is 10.0 Å². The Morgan fingerprint density at radius 2 is 2.00 bits per heavy atom. The summed E-state index contributed by atoms with van der Waals surface area (Å²) in [5, 5.41) is 15.0. The first-order valence-corrected chi connectivity index (χ1v) is 11.0. The van der Waals surface area contributed by atoms with Crippen molar-refractivity contribution in [2.75, 3.05) is 10.5 Å². The van der Waals surface area contributed by atoms with Gasteiger partial charge in [0.15, 0.2) is 11.5 Å². The first-order valence-electron chi connectivity index (χ1n) is 8.43. The van der Waals surface area contributed by atoms with Gasteiger partial charge in [-0.05, 0) is 42.1 Å². The van der Waals surface area contributed by atoms with Crippen molar-refractivity contribution in [3.63, 3.8) is 0 Å². The van der Waals surface area contributed by atoms with Crippen LogP contribution >= 0.6 is 11.3 Å². The topological polar surface area (TPSA) is 89.2 Å². The van der Waals surface area contributed by atoms with Crippen LogP contribution in [-0.2, 0) is 10.0 Å². The van der Waals surface area contributed by atoms with E-state index in [1.807, 2.05) is 42.6 Å². The zero-order valence-corrected chi connectivity index (χ0v) is 16.2. The van der Waals surface area contributed by atoms with E-state index in [1.54, 1.807) is 34.1 Å². The van der Waals surface area contributed by atoms with Crippen LogP contribution in [-0.4, -0.2) is 34.0 Å². The first-order chi connectivity index (χ1) is 13.1. The number of aromatic nitrogens is 4. The molecule has 0 aliphatic rings. The molecule has 1 aromatic carbocycles. The predicted molar refractivity (Wildman–Crippen MR) is 107 cm³/mol. The summed E-state index contributed by atoms with van der Waals surface area (Å²) in [6, 6.07) is 14.8. The fourth-order valence-corrected chi connectivity index (χ4v) is 4.56. The van der Waals surface area contributed by atoms with Crippen LogP contribution in [0.15, 0.2) is 53.9 Å². The molecule has 1 N–H and O–H groups in total. The van der Waals surface area contributed by atoms with Crippen molar-refractivity contribution in [1.29, 1.82) is 0 Å². The van der Waals surface area contributed by atoms with Crippen LogP contribution in [0.5, 0.6) is 0 Å². The van der Waals surface area contributed by atoms with E-state index in [9.17, 15) is 8.42 Å². The van der Waals surface area contributed by atoms with Gasteiger partial charge < -0.3 is 0 Å². The number of thiophene rings is 1. The monoisotopic (exact) mass is 399 g/mol. The third kappa shape index (κ3) is 3.69. The molecule has 0 atom stereocenters. The highest BCUT2D eigenvalue weighted by Gasteiger charge is 2.13. The van der Waals surface area contributed by atoms with E-state index < -0.39 is 10.0 Å². The second-order valence-electron chi connectivity index (χ2n) is 5.99. The molecule has 0 amide bonds. The molecule has 0 saturated heterocycles. The molecule has 138 valence electrons. The van der Waals surface area contributed by atoms with E-state index in [4.69, 9.17) is 0 Å². The molecule has 0 bridgehead atoms. The minimum Gasteiger partial charge on any atom is -0.284 e. The third-order valence-corrected chi connectivity index (χ3v) is 6.27. The summed E-state index contributed by atoms with van der Waals surface area (Å²) in [7, 11) is -3.34. The third-order valence-electron chi connectivity index (χ3n) is 3.91. The molecule has 9 heteroatoms. The van der Waals surface area contributed by atoms with Gasteiger partial charge in [-0.2, -0.15) is 9.61 Å². The number of hydrogen-bond acceptors (Lipinski definition) is 6. The Morgan fingerprint density at radius 3 is 2.78 bits per heavy atom. The average Bonchev–Trinajstić information content (AvgIpc) is 3.30. The first kappa shape index (κ1) is 17.6. The van der Waals surface area contributed by atoms with E-state index in [1.165, 1.54) is 0 Å². The largest absolute Gasteiger partial charge is 0.284 e. The Hall–Kier alpha value is -2.78. The number of sulfonamides is 1. The lowest BCUT2D eigenvalue weighted by molar-refractivity contribution is 0.600. The maximum atomic E-state index is 12.0. The molecule has 4 rings (SSSR count). The number of fused-ring (bicyclic) bond motifs is 1. The summed E-state index contributed by atoms with van der Waals surface area (Å²) < 4.78 is 28.3. The van der Waals surface area contributed by atoms with Crippen LogP contribution in [0.1, 0.15) is 13.3 Å². The summed E-state index contributed by atoms with van der Waals surface area (Å²) in [6.07, 6.45) is 0.562. The number of anilines is 1. The molecule has 0 unspecified atom stereocenters.